The maximum atomic E-state index is 12.4. The fourth-order valence-electron chi connectivity index (χ4n) is 2.21. The van der Waals surface area contributed by atoms with E-state index in [1.54, 1.807) is 7.11 Å². The van der Waals surface area contributed by atoms with Crippen LogP contribution in [0.4, 0.5) is 0 Å². The largest absolute Gasteiger partial charge is 0.496 e. The second-order valence-corrected chi connectivity index (χ2v) is 4.97. The van der Waals surface area contributed by atoms with Gasteiger partial charge in [0.15, 0.2) is 5.78 Å². The van der Waals surface area contributed by atoms with Gasteiger partial charge in [0.1, 0.15) is 5.75 Å². The highest BCUT2D eigenvalue weighted by Crippen LogP contribution is 2.21. The van der Waals surface area contributed by atoms with Gasteiger partial charge in [-0.2, -0.15) is 0 Å². The first kappa shape index (κ1) is 14.3. The van der Waals surface area contributed by atoms with E-state index in [0.717, 1.165) is 17.5 Å². The summed E-state index contributed by atoms with van der Waals surface area (Å²) in [5, 5.41) is 0. The van der Waals surface area contributed by atoms with Crippen molar-refractivity contribution < 1.29 is 9.53 Å². The predicted octanol–water partition coefficient (Wildman–Crippen LogP) is 3.99. The van der Waals surface area contributed by atoms with Crippen LogP contribution in [0.3, 0.4) is 0 Å². The zero-order valence-corrected chi connectivity index (χ0v) is 12.3. The second-order valence-electron chi connectivity index (χ2n) is 4.97. The monoisotopic (exact) mass is 268 g/mol. The van der Waals surface area contributed by atoms with Crippen LogP contribution in [0.2, 0.25) is 0 Å². The number of benzene rings is 2. The van der Waals surface area contributed by atoms with Crippen LogP contribution in [0, 0.1) is 6.92 Å². The normalized spacial score (nSPS) is 10.3. The highest BCUT2D eigenvalue weighted by molar-refractivity contribution is 6.00. The average molecular weight is 268 g/mol. The Morgan fingerprint density at radius 1 is 1.05 bits per heavy atom. The molecule has 0 radical (unpaired) electrons. The number of Topliss-reactive ketones (excluding diaryl/α,β-unsaturated/α-hetero) is 1. The molecule has 0 spiro atoms. The molecule has 20 heavy (non-hydrogen) atoms. The molecular weight excluding hydrogens is 248 g/mol. The van der Waals surface area contributed by atoms with Gasteiger partial charge in [0.2, 0.25) is 0 Å². The Labute approximate surface area is 120 Å². The number of carbonyl (C=O) groups is 1. The Morgan fingerprint density at radius 3 is 2.30 bits per heavy atom. The van der Waals surface area contributed by atoms with Gasteiger partial charge in [-0.05, 0) is 36.6 Å². The lowest BCUT2D eigenvalue weighted by Gasteiger charge is -2.09. The van der Waals surface area contributed by atoms with E-state index in [-0.39, 0.29) is 5.78 Å². The number of carbonyl (C=O) groups excluding carboxylic acids is 1. The molecule has 0 atom stereocenters. The first-order valence-corrected chi connectivity index (χ1v) is 6.89. The second kappa shape index (κ2) is 6.38. The van der Waals surface area contributed by atoms with Gasteiger partial charge in [0.25, 0.3) is 0 Å². The van der Waals surface area contributed by atoms with Crippen molar-refractivity contribution in [3.63, 3.8) is 0 Å². The number of methoxy groups -OCH3 is 1. The molecule has 0 saturated carbocycles. The summed E-state index contributed by atoms with van der Waals surface area (Å²) >= 11 is 0. The molecule has 0 heterocycles. The van der Waals surface area contributed by atoms with Gasteiger partial charge in [0, 0.05) is 6.42 Å². The van der Waals surface area contributed by atoms with E-state index in [2.05, 4.69) is 19.1 Å². The Hall–Kier alpha value is -2.09. The molecule has 2 heteroatoms. The van der Waals surface area contributed by atoms with Gasteiger partial charge in [-0.15, -0.1) is 0 Å². The van der Waals surface area contributed by atoms with Crippen LogP contribution >= 0.6 is 0 Å². The molecule has 0 N–H and O–H groups in total. The molecule has 104 valence electrons. The maximum Gasteiger partial charge on any atom is 0.170 e. The molecule has 0 amide bonds. The van der Waals surface area contributed by atoms with Gasteiger partial charge in [-0.25, -0.2) is 0 Å². The number of aryl methyl sites for hydroxylation is 2. The van der Waals surface area contributed by atoms with Crippen molar-refractivity contribution in [3.05, 3.63) is 64.7 Å². The smallest absolute Gasteiger partial charge is 0.170 e. The average Bonchev–Trinajstić information content (AvgIpc) is 2.48. The van der Waals surface area contributed by atoms with Crippen LogP contribution in [0.15, 0.2) is 42.5 Å². The van der Waals surface area contributed by atoms with Gasteiger partial charge >= 0.3 is 0 Å². The van der Waals surface area contributed by atoms with Crippen LogP contribution in [0.25, 0.3) is 0 Å². The van der Waals surface area contributed by atoms with Crippen LogP contribution < -0.4 is 4.74 Å². The molecular formula is C18H20O2. The molecule has 2 nitrogen and oxygen atoms in total. The van der Waals surface area contributed by atoms with Crippen molar-refractivity contribution in [3.8, 4) is 5.75 Å². The minimum Gasteiger partial charge on any atom is -0.496 e. The molecule has 0 saturated heterocycles. The van der Waals surface area contributed by atoms with Crippen LogP contribution in [0.1, 0.15) is 34.0 Å². The molecule has 0 aliphatic rings. The maximum absolute atomic E-state index is 12.4. The summed E-state index contributed by atoms with van der Waals surface area (Å²) in [5.74, 6) is 0.737. The van der Waals surface area contributed by atoms with Crippen molar-refractivity contribution in [2.75, 3.05) is 7.11 Å². The zero-order valence-electron chi connectivity index (χ0n) is 12.3. The Kier molecular flexibility index (Phi) is 4.57. The molecule has 2 aromatic carbocycles. The lowest BCUT2D eigenvalue weighted by atomic mass is 9.99. The topological polar surface area (TPSA) is 26.3 Å². The van der Waals surface area contributed by atoms with Crippen molar-refractivity contribution in [2.24, 2.45) is 0 Å². The van der Waals surface area contributed by atoms with E-state index in [1.807, 2.05) is 37.3 Å². The van der Waals surface area contributed by atoms with Crippen LogP contribution in [-0.4, -0.2) is 12.9 Å². The minimum atomic E-state index is 0.0924. The summed E-state index contributed by atoms with van der Waals surface area (Å²) in [7, 11) is 1.59. The molecule has 0 fully saturated rings. The summed E-state index contributed by atoms with van der Waals surface area (Å²) < 4.78 is 5.27. The minimum absolute atomic E-state index is 0.0924. The first-order valence-electron chi connectivity index (χ1n) is 6.89. The van der Waals surface area contributed by atoms with Crippen molar-refractivity contribution in [2.45, 2.75) is 26.7 Å². The third-order valence-corrected chi connectivity index (χ3v) is 3.45. The predicted molar refractivity (Wildman–Crippen MR) is 81.6 cm³/mol. The van der Waals surface area contributed by atoms with E-state index in [0.29, 0.717) is 17.7 Å². The summed E-state index contributed by atoms with van der Waals surface area (Å²) in [5.41, 5.74) is 4.05. The molecule has 0 bridgehead atoms. The molecule has 0 aliphatic carbocycles. The van der Waals surface area contributed by atoms with Gasteiger partial charge in [0.05, 0.1) is 12.7 Å². The first-order chi connectivity index (χ1) is 9.63. The van der Waals surface area contributed by atoms with Crippen LogP contribution in [-0.2, 0) is 12.8 Å². The van der Waals surface area contributed by atoms with E-state index in [1.165, 1.54) is 5.56 Å². The Bertz CT molecular complexity index is 597. The molecule has 0 aromatic heterocycles. The standard InChI is InChI=1S/C18H20O2/c1-4-14-6-8-15(9-7-14)12-17(19)16-11-13(2)5-10-18(16)20-3/h5-11H,4,12H2,1-3H3. The number of rotatable bonds is 5. The summed E-state index contributed by atoms with van der Waals surface area (Å²) in [6, 6.07) is 13.9. The highest BCUT2D eigenvalue weighted by atomic mass is 16.5. The van der Waals surface area contributed by atoms with Gasteiger partial charge in [-0.1, -0.05) is 42.8 Å². The summed E-state index contributed by atoms with van der Waals surface area (Å²) in [4.78, 5) is 12.4. The lowest BCUT2D eigenvalue weighted by Crippen LogP contribution is -2.06. The molecule has 0 unspecified atom stereocenters. The summed E-state index contributed by atoms with van der Waals surface area (Å²) in [6.45, 7) is 4.10. The lowest BCUT2D eigenvalue weighted by molar-refractivity contribution is 0.0990. The van der Waals surface area contributed by atoms with E-state index in [9.17, 15) is 4.79 Å². The SMILES string of the molecule is CCc1ccc(CC(=O)c2cc(C)ccc2OC)cc1. The number of hydrogen-bond donors (Lipinski definition) is 0. The highest BCUT2D eigenvalue weighted by Gasteiger charge is 2.13. The molecule has 0 aliphatic heterocycles. The fourth-order valence-corrected chi connectivity index (χ4v) is 2.21. The van der Waals surface area contributed by atoms with Crippen molar-refractivity contribution in [1.29, 1.82) is 0 Å². The zero-order chi connectivity index (χ0) is 14.5. The molecule has 2 rings (SSSR count). The fraction of sp³-hybridized carbons (Fsp3) is 0.278. The van der Waals surface area contributed by atoms with Crippen LogP contribution in [0.5, 0.6) is 5.75 Å². The van der Waals surface area contributed by atoms with Crippen molar-refractivity contribution in [1.82, 2.24) is 0 Å². The quantitative estimate of drug-likeness (QED) is 0.766. The number of ether oxygens (including phenoxy) is 1. The number of hydrogen-bond acceptors (Lipinski definition) is 2. The molecule has 2 aromatic rings. The van der Waals surface area contributed by atoms with E-state index < -0.39 is 0 Å². The van der Waals surface area contributed by atoms with Crippen molar-refractivity contribution >= 4 is 5.78 Å². The summed E-state index contributed by atoms with van der Waals surface area (Å²) in [6.07, 6.45) is 1.42. The third kappa shape index (κ3) is 3.27. The van der Waals surface area contributed by atoms with Gasteiger partial charge in [-0.3, -0.25) is 4.79 Å². The number of ketones is 1. The van der Waals surface area contributed by atoms with Gasteiger partial charge < -0.3 is 4.74 Å². The van der Waals surface area contributed by atoms with E-state index in [4.69, 9.17) is 4.74 Å². The third-order valence-electron chi connectivity index (χ3n) is 3.45. The Morgan fingerprint density at radius 2 is 1.70 bits per heavy atom. The van der Waals surface area contributed by atoms with E-state index >= 15 is 0 Å². The Balaban J connectivity index is 2.20.